The van der Waals surface area contributed by atoms with Crippen molar-refractivity contribution in [3.05, 3.63) is 60.2 Å². The highest BCUT2D eigenvalue weighted by Gasteiger charge is 2.41. The molecule has 4 rings (SSSR count). The number of methoxy groups -OCH3 is 1. The monoisotopic (exact) mass is 405 g/mol. The summed E-state index contributed by atoms with van der Waals surface area (Å²) < 4.78 is 5.29. The van der Waals surface area contributed by atoms with Gasteiger partial charge in [-0.3, -0.25) is 14.9 Å². The van der Waals surface area contributed by atoms with Crippen molar-refractivity contribution in [2.45, 2.75) is 50.5 Å². The van der Waals surface area contributed by atoms with E-state index in [0.717, 1.165) is 49.0 Å². The van der Waals surface area contributed by atoms with E-state index in [9.17, 15) is 4.79 Å². The molecule has 156 valence electrons. The molecule has 1 aliphatic rings. The Hall–Kier alpha value is -3.22. The van der Waals surface area contributed by atoms with Crippen molar-refractivity contribution < 1.29 is 9.53 Å². The first-order valence-electron chi connectivity index (χ1n) is 10.4. The van der Waals surface area contributed by atoms with Crippen LogP contribution in [0.2, 0.25) is 0 Å². The fraction of sp³-hybridized carbons (Fsp3) is 0.391. The molecule has 2 heterocycles. The van der Waals surface area contributed by atoms with Crippen molar-refractivity contribution in [2.75, 3.05) is 7.11 Å². The number of nitrogens with zero attached hydrogens (tertiary/aromatic N) is 3. The number of benzene rings is 1. The zero-order chi connectivity index (χ0) is 21.0. The molecule has 1 saturated carbocycles. The van der Waals surface area contributed by atoms with Crippen LogP contribution in [0.25, 0.3) is 11.4 Å². The summed E-state index contributed by atoms with van der Waals surface area (Å²) in [5.41, 5.74) is 1.35. The van der Waals surface area contributed by atoms with Crippen molar-refractivity contribution in [3.63, 3.8) is 0 Å². The molecule has 0 radical (unpaired) electrons. The van der Waals surface area contributed by atoms with Gasteiger partial charge in [0.05, 0.1) is 18.6 Å². The highest BCUT2D eigenvalue weighted by molar-refractivity contribution is 5.88. The van der Waals surface area contributed by atoms with E-state index >= 15 is 0 Å². The van der Waals surface area contributed by atoms with Crippen molar-refractivity contribution in [1.29, 1.82) is 0 Å². The highest BCUT2D eigenvalue weighted by atomic mass is 16.5. The average Bonchev–Trinajstić information content (AvgIpc) is 3.31. The second-order valence-corrected chi connectivity index (χ2v) is 7.85. The molecule has 1 fully saturated rings. The third kappa shape index (κ3) is 3.92. The summed E-state index contributed by atoms with van der Waals surface area (Å²) >= 11 is 0. The van der Waals surface area contributed by atoms with Crippen LogP contribution in [-0.4, -0.2) is 33.2 Å². The standard InChI is InChI=1S/C23H27N5O2/c1-16(20-26-21(28-27-20)17-7-6-14-24-15-17)25-22(29)23(12-4-3-5-13-23)18-8-10-19(30-2)11-9-18/h6-11,14-16H,3-5,12-13H2,1-2H3,(H,25,29)(H,26,27,28)/t16-/m1/s1. The van der Waals surface area contributed by atoms with Crippen LogP contribution in [0.15, 0.2) is 48.8 Å². The molecule has 0 saturated heterocycles. The SMILES string of the molecule is COc1ccc(C2(C(=O)N[C@H](C)c3nc(-c4cccnc4)n[nH]3)CCCCC2)cc1. The summed E-state index contributed by atoms with van der Waals surface area (Å²) in [6, 6.07) is 11.4. The van der Waals surface area contributed by atoms with Gasteiger partial charge in [-0.15, -0.1) is 0 Å². The van der Waals surface area contributed by atoms with Gasteiger partial charge in [0, 0.05) is 18.0 Å². The van der Waals surface area contributed by atoms with Gasteiger partial charge in [0.1, 0.15) is 11.6 Å². The molecule has 1 amide bonds. The van der Waals surface area contributed by atoms with Gasteiger partial charge in [0.15, 0.2) is 5.82 Å². The Kier molecular flexibility index (Phi) is 5.79. The van der Waals surface area contributed by atoms with Crippen molar-refractivity contribution in [1.82, 2.24) is 25.5 Å². The number of aromatic amines is 1. The van der Waals surface area contributed by atoms with Gasteiger partial charge in [-0.1, -0.05) is 31.4 Å². The largest absolute Gasteiger partial charge is 0.497 e. The summed E-state index contributed by atoms with van der Waals surface area (Å²) in [7, 11) is 1.65. The maximum Gasteiger partial charge on any atom is 0.231 e. The van der Waals surface area contributed by atoms with Gasteiger partial charge < -0.3 is 10.1 Å². The maximum atomic E-state index is 13.5. The summed E-state index contributed by atoms with van der Waals surface area (Å²) in [5.74, 6) is 2.03. The minimum absolute atomic E-state index is 0.0409. The Balaban J connectivity index is 1.54. The number of hydrogen-bond acceptors (Lipinski definition) is 5. The molecule has 2 aromatic heterocycles. The number of carbonyl (C=O) groups excluding carboxylic acids is 1. The molecule has 3 aromatic rings. The molecular formula is C23H27N5O2. The van der Waals surface area contributed by atoms with Gasteiger partial charge in [0.25, 0.3) is 0 Å². The van der Waals surface area contributed by atoms with E-state index < -0.39 is 5.41 Å². The van der Waals surface area contributed by atoms with E-state index in [1.165, 1.54) is 0 Å². The number of H-pyrrole nitrogens is 1. The molecule has 1 aromatic carbocycles. The van der Waals surface area contributed by atoms with E-state index in [-0.39, 0.29) is 11.9 Å². The molecule has 1 atom stereocenters. The zero-order valence-electron chi connectivity index (χ0n) is 17.4. The number of pyridine rings is 1. The lowest BCUT2D eigenvalue weighted by Gasteiger charge is -2.37. The number of rotatable bonds is 6. The molecule has 0 unspecified atom stereocenters. The summed E-state index contributed by atoms with van der Waals surface area (Å²) in [6.45, 7) is 1.93. The Bertz CT molecular complexity index is 978. The van der Waals surface area contributed by atoms with Crippen molar-refractivity contribution in [2.24, 2.45) is 0 Å². The number of carbonyl (C=O) groups is 1. The van der Waals surface area contributed by atoms with Crippen LogP contribution in [-0.2, 0) is 10.2 Å². The number of aromatic nitrogens is 4. The summed E-state index contributed by atoms with van der Waals surface area (Å²) in [5, 5.41) is 10.4. The third-order valence-corrected chi connectivity index (χ3v) is 5.96. The van der Waals surface area contributed by atoms with Crippen LogP contribution in [0.1, 0.15) is 56.5 Å². The van der Waals surface area contributed by atoms with Gasteiger partial charge in [-0.2, -0.15) is 5.10 Å². The van der Waals surface area contributed by atoms with Gasteiger partial charge in [-0.25, -0.2) is 4.98 Å². The fourth-order valence-electron chi connectivity index (χ4n) is 4.21. The smallest absolute Gasteiger partial charge is 0.231 e. The lowest BCUT2D eigenvalue weighted by molar-refractivity contribution is -0.128. The van der Waals surface area contributed by atoms with Crippen LogP contribution in [0.5, 0.6) is 5.75 Å². The van der Waals surface area contributed by atoms with Crippen molar-refractivity contribution in [3.8, 4) is 17.1 Å². The first kappa shape index (κ1) is 20.1. The van der Waals surface area contributed by atoms with Crippen LogP contribution in [0.4, 0.5) is 0 Å². The quantitative estimate of drug-likeness (QED) is 0.648. The molecule has 7 nitrogen and oxygen atoms in total. The van der Waals surface area contributed by atoms with Gasteiger partial charge in [-0.05, 0) is 49.6 Å². The Morgan fingerprint density at radius 3 is 2.60 bits per heavy atom. The zero-order valence-corrected chi connectivity index (χ0v) is 17.4. The predicted octanol–water partition coefficient (Wildman–Crippen LogP) is 3.95. The van der Waals surface area contributed by atoms with E-state index in [0.29, 0.717) is 11.6 Å². The Morgan fingerprint density at radius 2 is 1.93 bits per heavy atom. The van der Waals surface area contributed by atoms with E-state index in [4.69, 9.17) is 4.74 Å². The fourth-order valence-corrected chi connectivity index (χ4v) is 4.21. The predicted molar refractivity (Wildman–Crippen MR) is 114 cm³/mol. The van der Waals surface area contributed by atoms with Gasteiger partial charge in [0.2, 0.25) is 5.91 Å². The highest BCUT2D eigenvalue weighted by Crippen LogP contribution is 2.40. The van der Waals surface area contributed by atoms with Crippen LogP contribution >= 0.6 is 0 Å². The van der Waals surface area contributed by atoms with E-state index in [2.05, 4.69) is 25.5 Å². The lowest BCUT2D eigenvalue weighted by atomic mass is 9.68. The third-order valence-electron chi connectivity index (χ3n) is 5.96. The average molecular weight is 406 g/mol. The topological polar surface area (TPSA) is 92.8 Å². The number of amides is 1. The number of nitrogens with one attached hydrogen (secondary N) is 2. The van der Waals surface area contributed by atoms with Crippen molar-refractivity contribution >= 4 is 5.91 Å². The molecule has 0 aliphatic heterocycles. The Labute approximate surface area is 176 Å². The molecule has 0 spiro atoms. The first-order chi connectivity index (χ1) is 14.6. The Morgan fingerprint density at radius 1 is 1.17 bits per heavy atom. The van der Waals surface area contributed by atoms with Gasteiger partial charge >= 0.3 is 0 Å². The van der Waals surface area contributed by atoms with Crippen LogP contribution < -0.4 is 10.1 Å². The minimum Gasteiger partial charge on any atom is -0.497 e. The molecule has 1 aliphatic carbocycles. The second kappa shape index (κ2) is 8.65. The molecule has 2 N–H and O–H groups in total. The molecule has 30 heavy (non-hydrogen) atoms. The second-order valence-electron chi connectivity index (χ2n) is 7.85. The normalized spacial score (nSPS) is 16.6. The molecular weight excluding hydrogens is 378 g/mol. The minimum atomic E-state index is -0.523. The number of ether oxygens (including phenoxy) is 1. The molecule has 0 bridgehead atoms. The first-order valence-corrected chi connectivity index (χ1v) is 10.4. The van der Waals surface area contributed by atoms with E-state index in [1.807, 2.05) is 43.3 Å². The number of hydrogen-bond donors (Lipinski definition) is 2. The van der Waals surface area contributed by atoms with Crippen LogP contribution in [0.3, 0.4) is 0 Å². The van der Waals surface area contributed by atoms with E-state index in [1.54, 1.807) is 19.5 Å². The maximum absolute atomic E-state index is 13.5. The summed E-state index contributed by atoms with van der Waals surface area (Å²) in [6.07, 6.45) is 8.37. The lowest BCUT2D eigenvalue weighted by Crippen LogP contribution is -2.46. The molecule has 7 heteroatoms. The summed E-state index contributed by atoms with van der Waals surface area (Å²) in [4.78, 5) is 22.2. The van der Waals surface area contributed by atoms with Crippen LogP contribution in [0, 0.1) is 0 Å².